The molecule has 0 saturated heterocycles. The molecule has 0 spiro atoms. The molecule has 4 nitrogen and oxygen atoms in total. The van der Waals surface area contributed by atoms with E-state index in [1.54, 1.807) is 16.2 Å². The Hall–Kier alpha value is -2.35. The SMILES string of the molecule is O=C(Cc1ccc(C(F)(F)F)cc1)NCCC(=O)N1CCc2sccc2C1. The van der Waals surface area contributed by atoms with Crippen LogP contribution in [0.4, 0.5) is 13.2 Å². The van der Waals surface area contributed by atoms with Crippen molar-refractivity contribution in [2.24, 2.45) is 0 Å². The fourth-order valence-electron chi connectivity index (χ4n) is 2.99. The molecule has 8 heteroatoms. The Kier molecular flexibility index (Phi) is 5.84. The van der Waals surface area contributed by atoms with Gasteiger partial charge in [0.2, 0.25) is 11.8 Å². The van der Waals surface area contributed by atoms with Gasteiger partial charge < -0.3 is 10.2 Å². The van der Waals surface area contributed by atoms with Crippen LogP contribution < -0.4 is 5.32 Å². The van der Waals surface area contributed by atoms with Crippen molar-refractivity contribution in [1.29, 1.82) is 0 Å². The lowest BCUT2D eigenvalue weighted by molar-refractivity contribution is -0.137. The molecule has 0 fully saturated rings. The molecular weight excluding hydrogens is 377 g/mol. The molecule has 1 aromatic heterocycles. The first-order valence-corrected chi connectivity index (χ1v) is 9.47. The average molecular weight is 396 g/mol. The van der Waals surface area contributed by atoms with Crippen molar-refractivity contribution in [3.8, 4) is 0 Å². The first-order valence-electron chi connectivity index (χ1n) is 8.59. The molecule has 1 N–H and O–H groups in total. The predicted molar refractivity (Wildman–Crippen MR) is 96.2 cm³/mol. The van der Waals surface area contributed by atoms with Crippen LogP contribution >= 0.6 is 11.3 Å². The van der Waals surface area contributed by atoms with E-state index in [-0.39, 0.29) is 31.2 Å². The number of carbonyl (C=O) groups is 2. The van der Waals surface area contributed by atoms with Crippen LogP contribution in [0.15, 0.2) is 35.7 Å². The van der Waals surface area contributed by atoms with Crippen LogP contribution in [0, 0.1) is 0 Å². The number of alkyl halides is 3. The fourth-order valence-corrected chi connectivity index (χ4v) is 3.88. The highest BCUT2D eigenvalue weighted by Crippen LogP contribution is 2.29. The number of amides is 2. The molecule has 144 valence electrons. The average Bonchev–Trinajstić information content (AvgIpc) is 3.09. The van der Waals surface area contributed by atoms with Crippen molar-refractivity contribution in [2.45, 2.75) is 32.0 Å². The van der Waals surface area contributed by atoms with Gasteiger partial charge in [0.15, 0.2) is 0 Å². The Bertz CT molecular complexity index is 815. The zero-order chi connectivity index (χ0) is 19.4. The summed E-state index contributed by atoms with van der Waals surface area (Å²) in [6, 6.07) is 6.53. The summed E-state index contributed by atoms with van der Waals surface area (Å²) in [4.78, 5) is 27.3. The minimum absolute atomic E-state index is 0.0123. The molecule has 1 aromatic carbocycles. The maximum atomic E-state index is 12.5. The standard InChI is InChI=1S/C19H19F3N2O2S/c20-19(21,22)15-3-1-13(2-4-15)11-17(25)23-8-5-18(26)24-9-6-16-14(12-24)7-10-27-16/h1-4,7,10H,5-6,8-9,11-12H2,(H,23,25). The van der Waals surface area contributed by atoms with E-state index < -0.39 is 11.7 Å². The third-order valence-corrected chi connectivity index (χ3v) is 5.49. The molecule has 27 heavy (non-hydrogen) atoms. The molecule has 2 aromatic rings. The van der Waals surface area contributed by atoms with E-state index in [0.717, 1.165) is 18.6 Å². The maximum absolute atomic E-state index is 12.5. The zero-order valence-electron chi connectivity index (χ0n) is 14.5. The number of carbonyl (C=O) groups excluding carboxylic acids is 2. The summed E-state index contributed by atoms with van der Waals surface area (Å²) in [7, 11) is 0. The lowest BCUT2D eigenvalue weighted by Gasteiger charge is -2.27. The second-order valence-corrected chi connectivity index (χ2v) is 7.41. The number of thiophene rings is 1. The third-order valence-electron chi connectivity index (χ3n) is 4.47. The third kappa shape index (κ3) is 5.09. The summed E-state index contributed by atoms with van der Waals surface area (Å²) in [6.07, 6.45) is -3.34. The smallest absolute Gasteiger partial charge is 0.355 e. The summed E-state index contributed by atoms with van der Waals surface area (Å²) >= 11 is 1.71. The van der Waals surface area contributed by atoms with Gasteiger partial charge in [0.25, 0.3) is 0 Å². The van der Waals surface area contributed by atoms with Crippen LogP contribution in [-0.2, 0) is 35.2 Å². The first kappa shape index (κ1) is 19.4. The number of hydrogen-bond acceptors (Lipinski definition) is 3. The van der Waals surface area contributed by atoms with Gasteiger partial charge in [0.1, 0.15) is 0 Å². The van der Waals surface area contributed by atoms with Crippen LogP contribution in [0.1, 0.15) is 28.0 Å². The number of halogens is 3. The van der Waals surface area contributed by atoms with Crippen molar-refractivity contribution in [3.05, 3.63) is 57.3 Å². The van der Waals surface area contributed by atoms with E-state index in [0.29, 0.717) is 18.7 Å². The van der Waals surface area contributed by atoms with E-state index in [4.69, 9.17) is 0 Å². The van der Waals surface area contributed by atoms with Crippen molar-refractivity contribution in [1.82, 2.24) is 10.2 Å². The molecule has 0 radical (unpaired) electrons. The minimum Gasteiger partial charge on any atom is -0.355 e. The molecule has 3 rings (SSSR count). The van der Waals surface area contributed by atoms with Gasteiger partial charge in [-0.1, -0.05) is 12.1 Å². The molecule has 1 aliphatic rings. The molecule has 1 aliphatic heterocycles. The number of hydrogen-bond donors (Lipinski definition) is 1. The van der Waals surface area contributed by atoms with Crippen molar-refractivity contribution in [2.75, 3.05) is 13.1 Å². The Balaban J connectivity index is 1.41. The molecule has 0 unspecified atom stereocenters. The lowest BCUT2D eigenvalue weighted by atomic mass is 10.1. The molecule has 2 heterocycles. The molecule has 0 bridgehead atoms. The number of nitrogens with zero attached hydrogens (tertiary/aromatic N) is 1. The highest BCUT2D eigenvalue weighted by Gasteiger charge is 2.30. The van der Waals surface area contributed by atoms with Gasteiger partial charge >= 0.3 is 6.18 Å². The van der Waals surface area contributed by atoms with Gasteiger partial charge in [-0.25, -0.2) is 0 Å². The van der Waals surface area contributed by atoms with Crippen molar-refractivity contribution in [3.63, 3.8) is 0 Å². The second-order valence-electron chi connectivity index (χ2n) is 6.41. The summed E-state index contributed by atoms with van der Waals surface area (Å²) in [5.74, 6) is -0.331. The molecule has 2 amide bonds. The molecule has 0 saturated carbocycles. The monoisotopic (exact) mass is 396 g/mol. The van der Waals surface area contributed by atoms with E-state index in [1.807, 2.05) is 11.4 Å². The summed E-state index contributed by atoms with van der Waals surface area (Å²) in [5, 5.41) is 4.68. The van der Waals surface area contributed by atoms with Crippen LogP contribution in [0.25, 0.3) is 0 Å². The molecule has 0 aliphatic carbocycles. The van der Waals surface area contributed by atoms with Crippen LogP contribution in [-0.4, -0.2) is 29.8 Å². The van der Waals surface area contributed by atoms with E-state index in [9.17, 15) is 22.8 Å². The van der Waals surface area contributed by atoms with Gasteiger partial charge in [-0.3, -0.25) is 9.59 Å². The maximum Gasteiger partial charge on any atom is 0.416 e. The Labute approximate surface area is 159 Å². The largest absolute Gasteiger partial charge is 0.416 e. The number of benzene rings is 1. The predicted octanol–water partition coefficient (Wildman–Crippen LogP) is 3.40. The highest BCUT2D eigenvalue weighted by atomic mass is 32.1. The van der Waals surface area contributed by atoms with Gasteiger partial charge in [-0.15, -0.1) is 11.3 Å². The first-order chi connectivity index (χ1) is 12.8. The van der Waals surface area contributed by atoms with Gasteiger partial charge in [-0.05, 0) is 41.1 Å². The fraction of sp³-hybridized carbons (Fsp3) is 0.368. The summed E-state index contributed by atoms with van der Waals surface area (Å²) in [6.45, 7) is 1.51. The number of fused-ring (bicyclic) bond motifs is 1. The van der Waals surface area contributed by atoms with Gasteiger partial charge in [0, 0.05) is 30.9 Å². The second kappa shape index (κ2) is 8.12. The van der Waals surface area contributed by atoms with Crippen molar-refractivity contribution < 1.29 is 22.8 Å². The van der Waals surface area contributed by atoms with Gasteiger partial charge in [-0.2, -0.15) is 13.2 Å². The van der Waals surface area contributed by atoms with E-state index in [2.05, 4.69) is 5.32 Å². The highest BCUT2D eigenvalue weighted by molar-refractivity contribution is 7.10. The van der Waals surface area contributed by atoms with Crippen LogP contribution in [0.5, 0.6) is 0 Å². The van der Waals surface area contributed by atoms with E-state index >= 15 is 0 Å². The number of nitrogens with one attached hydrogen (secondary N) is 1. The lowest BCUT2D eigenvalue weighted by Crippen LogP contribution is -2.37. The number of rotatable bonds is 5. The molecule has 0 atom stereocenters. The van der Waals surface area contributed by atoms with Crippen molar-refractivity contribution >= 4 is 23.2 Å². The Morgan fingerprint density at radius 1 is 1.15 bits per heavy atom. The van der Waals surface area contributed by atoms with Gasteiger partial charge in [0.05, 0.1) is 12.0 Å². The summed E-state index contributed by atoms with van der Waals surface area (Å²) in [5.41, 5.74) is 0.936. The Morgan fingerprint density at radius 2 is 1.89 bits per heavy atom. The van der Waals surface area contributed by atoms with Crippen LogP contribution in [0.3, 0.4) is 0 Å². The zero-order valence-corrected chi connectivity index (χ0v) is 15.3. The normalized spacial score (nSPS) is 14.0. The Morgan fingerprint density at radius 3 is 2.59 bits per heavy atom. The summed E-state index contributed by atoms with van der Waals surface area (Å²) < 4.78 is 37.6. The van der Waals surface area contributed by atoms with E-state index in [1.165, 1.54) is 22.6 Å². The molecular formula is C19H19F3N2O2S. The van der Waals surface area contributed by atoms with Crippen LogP contribution in [0.2, 0.25) is 0 Å². The minimum atomic E-state index is -4.39. The quantitative estimate of drug-likeness (QED) is 0.842. The topological polar surface area (TPSA) is 49.4 Å².